The zero-order chi connectivity index (χ0) is 15.4. The number of carbonyl (C=O) groups is 2. The van der Waals surface area contributed by atoms with Gasteiger partial charge < -0.3 is 10.0 Å². The van der Waals surface area contributed by atoms with Gasteiger partial charge in [-0.2, -0.15) is 0 Å². The maximum Gasteiger partial charge on any atom is 0.303 e. The second-order valence-electron chi connectivity index (χ2n) is 5.56. The van der Waals surface area contributed by atoms with Crippen molar-refractivity contribution in [1.29, 1.82) is 0 Å². The second-order valence-corrected chi connectivity index (χ2v) is 5.97. The molecule has 21 heavy (non-hydrogen) atoms. The largest absolute Gasteiger partial charge is 0.481 e. The maximum absolute atomic E-state index is 12.7. The predicted octanol–water partition coefficient (Wildman–Crippen LogP) is 3.51. The van der Waals surface area contributed by atoms with Gasteiger partial charge in [-0.1, -0.05) is 17.7 Å². The van der Waals surface area contributed by atoms with Crippen molar-refractivity contribution in [2.45, 2.75) is 45.1 Å². The van der Waals surface area contributed by atoms with Crippen molar-refractivity contribution in [3.63, 3.8) is 0 Å². The number of benzene rings is 1. The second kappa shape index (κ2) is 6.94. The van der Waals surface area contributed by atoms with Crippen LogP contribution in [-0.4, -0.2) is 34.5 Å². The molecule has 4 nitrogen and oxygen atoms in total. The average Bonchev–Trinajstić information content (AvgIpc) is 2.45. The van der Waals surface area contributed by atoms with Crippen LogP contribution in [0.25, 0.3) is 0 Å². The molecule has 0 aromatic heterocycles. The Balaban J connectivity index is 2.16. The molecule has 1 fully saturated rings. The van der Waals surface area contributed by atoms with Crippen LogP contribution in [0.1, 0.15) is 48.0 Å². The van der Waals surface area contributed by atoms with Crippen LogP contribution in [0.15, 0.2) is 18.2 Å². The summed E-state index contributed by atoms with van der Waals surface area (Å²) in [6, 6.07) is 5.41. The highest BCUT2D eigenvalue weighted by Gasteiger charge is 2.28. The van der Waals surface area contributed by atoms with Crippen LogP contribution in [-0.2, 0) is 4.79 Å². The summed E-state index contributed by atoms with van der Waals surface area (Å²) in [6.45, 7) is 2.60. The Morgan fingerprint density at radius 1 is 1.38 bits per heavy atom. The van der Waals surface area contributed by atoms with Crippen LogP contribution < -0.4 is 0 Å². The fraction of sp³-hybridized carbons (Fsp3) is 0.500. The molecular weight excluding hydrogens is 290 g/mol. The highest BCUT2D eigenvalue weighted by Crippen LogP contribution is 2.26. The van der Waals surface area contributed by atoms with E-state index in [1.807, 2.05) is 13.0 Å². The Hall–Kier alpha value is -1.55. The Morgan fingerprint density at radius 3 is 2.81 bits per heavy atom. The molecule has 1 aromatic rings. The van der Waals surface area contributed by atoms with Crippen molar-refractivity contribution in [2.24, 2.45) is 0 Å². The lowest BCUT2D eigenvalue weighted by Crippen LogP contribution is -2.44. The van der Waals surface area contributed by atoms with Gasteiger partial charge in [0.05, 0.1) is 10.6 Å². The molecule has 1 aromatic carbocycles. The fourth-order valence-electron chi connectivity index (χ4n) is 2.81. The first-order chi connectivity index (χ1) is 9.99. The molecule has 1 saturated heterocycles. The van der Waals surface area contributed by atoms with Gasteiger partial charge in [0.1, 0.15) is 0 Å². The lowest BCUT2D eigenvalue weighted by atomic mass is 9.96. The molecule has 114 valence electrons. The molecule has 1 aliphatic heterocycles. The molecule has 0 bridgehead atoms. The standard InChI is InChI=1S/C16H20ClNO3/c1-11-5-7-13(14(17)10-11)16(21)18-9-3-2-4-12(18)6-8-15(19)20/h5,7,10,12H,2-4,6,8-9H2,1H3,(H,19,20). The number of aliphatic carboxylic acids is 1. The Kier molecular flexibility index (Phi) is 5.23. The Bertz CT molecular complexity index is 544. The number of hydrogen-bond donors (Lipinski definition) is 1. The van der Waals surface area contributed by atoms with Gasteiger partial charge in [0.15, 0.2) is 0 Å². The van der Waals surface area contributed by atoms with Gasteiger partial charge in [-0.15, -0.1) is 0 Å². The summed E-state index contributed by atoms with van der Waals surface area (Å²) in [5.74, 6) is -0.906. The van der Waals surface area contributed by atoms with Crippen LogP contribution in [0.2, 0.25) is 5.02 Å². The minimum Gasteiger partial charge on any atom is -0.481 e. The van der Waals surface area contributed by atoms with Gasteiger partial charge >= 0.3 is 5.97 Å². The van der Waals surface area contributed by atoms with E-state index in [1.54, 1.807) is 17.0 Å². The Morgan fingerprint density at radius 2 is 2.14 bits per heavy atom. The summed E-state index contributed by atoms with van der Waals surface area (Å²) >= 11 is 6.18. The lowest BCUT2D eigenvalue weighted by molar-refractivity contribution is -0.137. The van der Waals surface area contributed by atoms with E-state index >= 15 is 0 Å². The summed E-state index contributed by atoms with van der Waals surface area (Å²) in [7, 11) is 0. The average molecular weight is 310 g/mol. The summed E-state index contributed by atoms with van der Waals surface area (Å²) in [4.78, 5) is 25.2. The number of aryl methyl sites for hydroxylation is 1. The normalized spacial score (nSPS) is 18.6. The van der Waals surface area contributed by atoms with E-state index in [4.69, 9.17) is 16.7 Å². The van der Waals surface area contributed by atoms with Crippen molar-refractivity contribution in [3.05, 3.63) is 34.3 Å². The van der Waals surface area contributed by atoms with Crippen LogP contribution in [0.3, 0.4) is 0 Å². The molecule has 1 aliphatic rings. The molecule has 1 amide bonds. The highest BCUT2D eigenvalue weighted by atomic mass is 35.5. The van der Waals surface area contributed by atoms with E-state index in [0.717, 1.165) is 24.8 Å². The predicted molar refractivity (Wildman–Crippen MR) is 81.7 cm³/mol. The van der Waals surface area contributed by atoms with Gasteiger partial charge in [-0.25, -0.2) is 0 Å². The number of hydrogen-bond acceptors (Lipinski definition) is 2. The van der Waals surface area contributed by atoms with Crippen LogP contribution in [0.4, 0.5) is 0 Å². The number of piperidine rings is 1. The van der Waals surface area contributed by atoms with Crippen LogP contribution in [0.5, 0.6) is 0 Å². The number of carboxylic acid groups (broad SMARTS) is 1. The summed E-state index contributed by atoms with van der Waals surface area (Å²) in [6.07, 6.45) is 3.46. The SMILES string of the molecule is Cc1ccc(C(=O)N2CCCCC2CCC(=O)O)c(Cl)c1. The van der Waals surface area contributed by atoms with Crippen LogP contribution >= 0.6 is 11.6 Å². The third-order valence-corrected chi connectivity index (χ3v) is 4.25. The first-order valence-corrected chi connectivity index (χ1v) is 7.65. The van der Waals surface area contributed by atoms with E-state index in [9.17, 15) is 9.59 Å². The quantitative estimate of drug-likeness (QED) is 0.926. The monoisotopic (exact) mass is 309 g/mol. The van der Waals surface area contributed by atoms with Crippen LogP contribution in [0, 0.1) is 6.92 Å². The van der Waals surface area contributed by atoms with E-state index in [-0.39, 0.29) is 18.4 Å². The molecule has 1 N–H and O–H groups in total. The van der Waals surface area contributed by atoms with Gasteiger partial charge in [-0.05, 0) is 50.3 Å². The van der Waals surface area contributed by atoms with Crippen molar-refractivity contribution in [1.82, 2.24) is 4.90 Å². The first kappa shape index (κ1) is 15.8. The number of rotatable bonds is 4. The molecule has 0 aliphatic carbocycles. The fourth-order valence-corrected chi connectivity index (χ4v) is 3.12. The Labute approximate surface area is 129 Å². The van der Waals surface area contributed by atoms with Gasteiger partial charge in [0.2, 0.25) is 0 Å². The summed E-state index contributed by atoms with van der Waals surface area (Å²) in [5.41, 5.74) is 1.52. The molecule has 0 saturated carbocycles. The van der Waals surface area contributed by atoms with E-state index in [0.29, 0.717) is 23.6 Å². The third kappa shape index (κ3) is 3.97. The number of carbonyl (C=O) groups excluding carboxylic acids is 1. The summed E-state index contributed by atoms with van der Waals surface area (Å²) in [5, 5.41) is 9.30. The van der Waals surface area contributed by atoms with Gasteiger partial charge in [0.25, 0.3) is 5.91 Å². The molecule has 1 unspecified atom stereocenters. The minimum absolute atomic E-state index is 0.000260. The number of nitrogens with zero attached hydrogens (tertiary/aromatic N) is 1. The van der Waals surface area contributed by atoms with Crippen molar-refractivity contribution >= 4 is 23.5 Å². The topological polar surface area (TPSA) is 57.6 Å². The molecule has 0 radical (unpaired) electrons. The van der Waals surface area contributed by atoms with Crippen molar-refractivity contribution < 1.29 is 14.7 Å². The van der Waals surface area contributed by atoms with Gasteiger partial charge in [-0.3, -0.25) is 9.59 Å². The smallest absolute Gasteiger partial charge is 0.303 e. The third-order valence-electron chi connectivity index (χ3n) is 3.93. The zero-order valence-corrected chi connectivity index (χ0v) is 12.9. The maximum atomic E-state index is 12.7. The van der Waals surface area contributed by atoms with Crippen molar-refractivity contribution in [2.75, 3.05) is 6.54 Å². The molecule has 0 spiro atoms. The van der Waals surface area contributed by atoms with Crippen molar-refractivity contribution in [3.8, 4) is 0 Å². The molecule has 5 heteroatoms. The number of carboxylic acids is 1. The van der Waals surface area contributed by atoms with Gasteiger partial charge in [0, 0.05) is 19.0 Å². The number of likely N-dealkylation sites (tertiary alicyclic amines) is 1. The minimum atomic E-state index is -0.818. The van der Waals surface area contributed by atoms with E-state index in [1.165, 1.54) is 0 Å². The molecule has 1 heterocycles. The molecular formula is C16H20ClNO3. The number of amides is 1. The van der Waals surface area contributed by atoms with E-state index in [2.05, 4.69) is 0 Å². The lowest BCUT2D eigenvalue weighted by Gasteiger charge is -2.36. The number of halogens is 1. The molecule has 1 atom stereocenters. The van der Waals surface area contributed by atoms with E-state index < -0.39 is 5.97 Å². The first-order valence-electron chi connectivity index (χ1n) is 7.28. The zero-order valence-electron chi connectivity index (χ0n) is 12.1. The highest BCUT2D eigenvalue weighted by molar-refractivity contribution is 6.33. The summed E-state index contributed by atoms with van der Waals surface area (Å²) < 4.78 is 0. The molecule has 2 rings (SSSR count).